The van der Waals surface area contributed by atoms with E-state index < -0.39 is 10.0 Å². The number of nitrogen functional groups attached to an aromatic ring is 1. The monoisotopic (exact) mass is 278 g/mol. The topological polar surface area (TPSA) is 104 Å². The second kappa shape index (κ2) is 4.07. The Morgan fingerprint density at radius 2 is 2.00 bits per heavy atom. The summed E-state index contributed by atoms with van der Waals surface area (Å²) in [5.41, 5.74) is 7.54. The van der Waals surface area contributed by atoms with Crippen molar-refractivity contribution in [3.8, 4) is 5.69 Å². The van der Waals surface area contributed by atoms with Crippen LogP contribution in [-0.2, 0) is 10.0 Å². The second-order valence-corrected chi connectivity index (χ2v) is 6.22. The third kappa shape index (κ3) is 2.22. The lowest BCUT2D eigenvalue weighted by Crippen LogP contribution is -2.15. The van der Waals surface area contributed by atoms with Gasteiger partial charge in [-0.05, 0) is 31.0 Å². The van der Waals surface area contributed by atoms with Gasteiger partial charge in [-0.1, -0.05) is 6.07 Å². The fourth-order valence-electron chi connectivity index (χ4n) is 2.05. The molecule has 1 aliphatic rings. The zero-order chi connectivity index (χ0) is 13.6. The average molecular weight is 278 g/mol. The highest BCUT2D eigenvalue weighted by molar-refractivity contribution is 7.89. The van der Waals surface area contributed by atoms with Gasteiger partial charge in [0, 0.05) is 12.1 Å². The van der Waals surface area contributed by atoms with Crippen LogP contribution in [0, 0.1) is 0 Å². The van der Waals surface area contributed by atoms with Crippen molar-refractivity contribution in [1.29, 1.82) is 0 Å². The van der Waals surface area contributed by atoms with Crippen LogP contribution in [0.4, 0.5) is 5.69 Å². The maximum atomic E-state index is 11.4. The van der Waals surface area contributed by atoms with Crippen molar-refractivity contribution in [3.63, 3.8) is 0 Å². The summed E-state index contributed by atoms with van der Waals surface area (Å²) < 4.78 is 24.5. The maximum Gasteiger partial charge on any atom is 0.240 e. The van der Waals surface area contributed by atoms with E-state index in [0.29, 0.717) is 11.6 Å². The van der Waals surface area contributed by atoms with Crippen molar-refractivity contribution in [1.82, 2.24) is 9.78 Å². The van der Waals surface area contributed by atoms with Crippen LogP contribution >= 0.6 is 0 Å². The third-order valence-electron chi connectivity index (χ3n) is 3.20. The minimum Gasteiger partial charge on any atom is -0.396 e. The Morgan fingerprint density at radius 1 is 1.26 bits per heavy atom. The summed E-state index contributed by atoms with van der Waals surface area (Å²) in [5.74, 6) is 0.531. The lowest BCUT2D eigenvalue weighted by atomic mass is 10.3. The van der Waals surface area contributed by atoms with Crippen LogP contribution in [0.25, 0.3) is 5.69 Å². The van der Waals surface area contributed by atoms with Crippen LogP contribution in [0.5, 0.6) is 0 Å². The summed E-state index contributed by atoms with van der Waals surface area (Å²) in [7, 11) is -3.83. The number of nitrogens with two attached hydrogens (primary N) is 2. The predicted octanol–water partition coefficient (Wildman–Crippen LogP) is 0.979. The molecule has 1 saturated carbocycles. The molecule has 0 saturated heterocycles. The van der Waals surface area contributed by atoms with Gasteiger partial charge in [-0.2, -0.15) is 5.10 Å². The molecule has 1 aliphatic carbocycles. The quantitative estimate of drug-likeness (QED) is 0.816. The normalized spacial score (nSPS) is 15.6. The molecule has 100 valence electrons. The van der Waals surface area contributed by atoms with Crippen molar-refractivity contribution < 1.29 is 8.42 Å². The van der Waals surface area contributed by atoms with E-state index in [2.05, 4.69) is 5.10 Å². The Labute approximate surface area is 111 Å². The number of hydrogen-bond acceptors (Lipinski definition) is 4. The highest BCUT2D eigenvalue weighted by Crippen LogP contribution is 2.39. The zero-order valence-corrected chi connectivity index (χ0v) is 11.0. The van der Waals surface area contributed by atoms with Gasteiger partial charge in [-0.25, -0.2) is 18.2 Å². The molecule has 0 aliphatic heterocycles. The first-order valence-electron chi connectivity index (χ1n) is 5.94. The molecule has 0 spiro atoms. The molecule has 0 amide bonds. The summed E-state index contributed by atoms with van der Waals surface area (Å²) in [6, 6.07) is 6.64. The van der Waals surface area contributed by atoms with E-state index in [0.717, 1.165) is 18.5 Å². The molecule has 1 heterocycles. The molecule has 0 atom stereocenters. The van der Waals surface area contributed by atoms with Gasteiger partial charge in [0.15, 0.2) is 0 Å². The molecule has 1 aromatic carbocycles. The number of benzene rings is 1. The molecule has 0 unspecified atom stereocenters. The van der Waals surface area contributed by atoms with Gasteiger partial charge >= 0.3 is 0 Å². The van der Waals surface area contributed by atoms with E-state index in [-0.39, 0.29) is 10.6 Å². The van der Waals surface area contributed by atoms with Crippen LogP contribution in [0.3, 0.4) is 0 Å². The molecule has 4 N–H and O–H groups in total. The summed E-state index contributed by atoms with van der Waals surface area (Å²) >= 11 is 0. The number of aromatic nitrogens is 2. The van der Waals surface area contributed by atoms with Gasteiger partial charge in [0.2, 0.25) is 10.0 Å². The van der Waals surface area contributed by atoms with Crippen LogP contribution in [0.1, 0.15) is 24.5 Å². The first kappa shape index (κ1) is 12.2. The number of sulfonamides is 1. The van der Waals surface area contributed by atoms with Gasteiger partial charge in [0.05, 0.1) is 17.1 Å². The zero-order valence-electron chi connectivity index (χ0n) is 10.2. The van der Waals surface area contributed by atoms with E-state index in [1.54, 1.807) is 23.0 Å². The van der Waals surface area contributed by atoms with E-state index in [4.69, 9.17) is 10.9 Å². The Morgan fingerprint density at radius 3 is 2.63 bits per heavy atom. The van der Waals surface area contributed by atoms with E-state index >= 15 is 0 Å². The molecular formula is C12H14N4O2S. The van der Waals surface area contributed by atoms with E-state index in [1.807, 2.05) is 6.07 Å². The number of anilines is 1. The maximum absolute atomic E-state index is 11.4. The van der Waals surface area contributed by atoms with Crippen molar-refractivity contribution in [3.05, 3.63) is 36.2 Å². The molecule has 0 radical (unpaired) electrons. The number of primary sulfonamides is 1. The van der Waals surface area contributed by atoms with Crippen molar-refractivity contribution in [2.45, 2.75) is 23.7 Å². The first-order valence-corrected chi connectivity index (χ1v) is 7.48. The fourth-order valence-corrected chi connectivity index (χ4v) is 2.73. The molecule has 2 aromatic rings. The smallest absolute Gasteiger partial charge is 0.240 e. The van der Waals surface area contributed by atoms with Crippen molar-refractivity contribution >= 4 is 15.7 Å². The molecular weight excluding hydrogens is 264 g/mol. The minimum atomic E-state index is -3.83. The lowest BCUT2D eigenvalue weighted by molar-refractivity contribution is 0.598. The number of rotatable bonds is 3. The largest absolute Gasteiger partial charge is 0.396 e. The van der Waals surface area contributed by atoms with Crippen LogP contribution in [-0.4, -0.2) is 18.2 Å². The van der Waals surface area contributed by atoms with Gasteiger partial charge in [-0.3, -0.25) is 0 Å². The third-order valence-corrected chi connectivity index (χ3v) is 4.17. The number of nitrogens with zero attached hydrogens (tertiary/aromatic N) is 2. The Kier molecular flexibility index (Phi) is 2.61. The Hall–Kier alpha value is -1.86. The SMILES string of the molecule is Nc1c(-n2ccc(C3CC3)n2)cccc1S(N)(=O)=O. The Bertz CT molecular complexity index is 732. The molecule has 6 nitrogen and oxygen atoms in total. The fraction of sp³-hybridized carbons (Fsp3) is 0.250. The first-order chi connectivity index (χ1) is 8.97. The van der Waals surface area contributed by atoms with Gasteiger partial charge in [0.1, 0.15) is 4.90 Å². The van der Waals surface area contributed by atoms with Gasteiger partial charge in [0.25, 0.3) is 0 Å². The lowest BCUT2D eigenvalue weighted by Gasteiger charge is -2.09. The summed E-state index contributed by atoms with van der Waals surface area (Å²) in [6.45, 7) is 0. The van der Waals surface area contributed by atoms with Crippen LogP contribution < -0.4 is 10.9 Å². The standard InChI is InChI=1S/C12H14N4O2S/c13-12-10(2-1-3-11(12)19(14,17)18)16-7-6-9(15-16)8-4-5-8/h1-3,6-8H,4-5,13H2,(H2,14,17,18). The summed E-state index contributed by atoms with van der Waals surface area (Å²) in [5, 5.41) is 9.56. The molecule has 1 aromatic heterocycles. The highest BCUT2D eigenvalue weighted by atomic mass is 32.2. The number of hydrogen-bond donors (Lipinski definition) is 2. The molecule has 7 heteroatoms. The van der Waals surface area contributed by atoms with E-state index in [9.17, 15) is 8.42 Å². The highest BCUT2D eigenvalue weighted by Gasteiger charge is 2.26. The minimum absolute atomic E-state index is 0.0755. The predicted molar refractivity (Wildman–Crippen MR) is 71.3 cm³/mol. The van der Waals surface area contributed by atoms with Crippen molar-refractivity contribution in [2.24, 2.45) is 5.14 Å². The van der Waals surface area contributed by atoms with Gasteiger partial charge in [-0.15, -0.1) is 0 Å². The number of para-hydroxylation sites is 1. The molecule has 1 fully saturated rings. The average Bonchev–Trinajstić information content (AvgIpc) is 3.07. The molecule has 3 rings (SSSR count). The summed E-state index contributed by atoms with van der Waals surface area (Å²) in [4.78, 5) is -0.0755. The van der Waals surface area contributed by atoms with Crippen LogP contribution in [0.2, 0.25) is 0 Å². The van der Waals surface area contributed by atoms with Crippen LogP contribution in [0.15, 0.2) is 35.4 Å². The molecule has 0 bridgehead atoms. The van der Waals surface area contributed by atoms with E-state index in [1.165, 1.54) is 6.07 Å². The second-order valence-electron chi connectivity index (χ2n) is 4.69. The molecule has 19 heavy (non-hydrogen) atoms. The Balaban J connectivity index is 2.09. The van der Waals surface area contributed by atoms with Crippen molar-refractivity contribution in [2.75, 3.05) is 5.73 Å². The van der Waals surface area contributed by atoms with Gasteiger partial charge < -0.3 is 5.73 Å². The summed E-state index contributed by atoms with van der Waals surface area (Å²) in [6.07, 6.45) is 4.10.